The molecule has 0 aliphatic carbocycles. The van der Waals surface area contributed by atoms with Crippen LogP contribution in [0, 0.1) is 13.8 Å². The van der Waals surface area contributed by atoms with Crippen molar-refractivity contribution in [3.05, 3.63) is 52.2 Å². The van der Waals surface area contributed by atoms with E-state index in [1.54, 1.807) is 17.2 Å². The van der Waals surface area contributed by atoms with Crippen molar-refractivity contribution < 1.29 is 14.3 Å². The third kappa shape index (κ3) is 4.14. The van der Waals surface area contributed by atoms with Gasteiger partial charge < -0.3 is 4.74 Å². The molecule has 0 radical (unpaired) electrons. The minimum absolute atomic E-state index is 0.0517. The molecule has 3 rings (SSSR count). The number of benzene rings is 1. The van der Waals surface area contributed by atoms with Crippen LogP contribution >= 0.6 is 11.3 Å². The molecular formula is C20H21N3O3S. The molecule has 0 aliphatic heterocycles. The lowest BCUT2D eigenvalue weighted by Gasteiger charge is -2.14. The molecule has 0 spiro atoms. The molecule has 2 heterocycles. The molecule has 0 fully saturated rings. The van der Waals surface area contributed by atoms with E-state index in [0.29, 0.717) is 28.6 Å². The fraction of sp³-hybridized carbons (Fsp3) is 0.300. The van der Waals surface area contributed by atoms with Gasteiger partial charge >= 0.3 is 5.97 Å². The SMILES string of the molecule is CCN(C(C)=O)c1nc(COC(=O)c2cc3cc(C)ccc3nc2C)cs1. The van der Waals surface area contributed by atoms with Crippen molar-refractivity contribution in [3.8, 4) is 0 Å². The maximum absolute atomic E-state index is 12.5. The van der Waals surface area contributed by atoms with Gasteiger partial charge in [0, 0.05) is 24.2 Å². The number of carbonyl (C=O) groups excluding carboxylic acids is 2. The number of carbonyl (C=O) groups is 2. The highest BCUT2D eigenvalue weighted by Crippen LogP contribution is 2.22. The van der Waals surface area contributed by atoms with Crippen LogP contribution < -0.4 is 4.90 Å². The number of fused-ring (bicyclic) bond motifs is 1. The summed E-state index contributed by atoms with van der Waals surface area (Å²) in [5.41, 5.74) is 3.65. The van der Waals surface area contributed by atoms with Crippen molar-refractivity contribution in [2.24, 2.45) is 0 Å². The highest BCUT2D eigenvalue weighted by atomic mass is 32.1. The summed E-state index contributed by atoms with van der Waals surface area (Å²) in [6, 6.07) is 7.74. The van der Waals surface area contributed by atoms with Gasteiger partial charge in [0.05, 0.1) is 22.5 Å². The first kappa shape index (κ1) is 19.0. The van der Waals surface area contributed by atoms with Crippen LogP contribution in [-0.4, -0.2) is 28.4 Å². The standard InChI is InChI=1S/C20H21N3O3S/c1-5-23(14(4)24)20-22-16(11-27-20)10-26-19(25)17-9-15-8-12(2)6-7-18(15)21-13(17)3/h6-9,11H,5,10H2,1-4H3. The number of pyridine rings is 1. The largest absolute Gasteiger partial charge is 0.455 e. The van der Waals surface area contributed by atoms with Crippen LogP contribution in [0.2, 0.25) is 0 Å². The Labute approximate surface area is 161 Å². The van der Waals surface area contributed by atoms with Gasteiger partial charge in [0.15, 0.2) is 5.13 Å². The summed E-state index contributed by atoms with van der Waals surface area (Å²) in [4.78, 5) is 34.6. The first-order valence-corrected chi connectivity index (χ1v) is 9.54. The van der Waals surface area contributed by atoms with Gasteiger partial charge in [0.1, 0.15) is 6.61 Å². The maximum Gasteiger partial charge on any atom is 0.340 e. The monoisotopic (exact) mass is 383 g/mol. The van der Waals surface area contributed by atoms with E-state index in [9.17, 15) is 9.59 Å². The average Bonchev–Trinajstić information content (AvgIpc) is 3.08. The van der Waals surface area contributed by atoms with E-state index in [0.717, 1.165) is 16.5 Å². The van der Waals surface area contributed by atoms with E-state index in [4.69, 9.17) is 4.74 Å². The number of nitrogens with zero attached hydrogens (tertiary/aromatic N) is 3. The molecule has 0 aliphatic rings. The number of ether oxygens (including phenoxy) is 1. The van der Waals surface area contributed by atoms with E-state index in [1.165, 1.54) is 18.3 Å². The van der Waals surface area contributed by atoms with Crippen LogP contribution in [0.4, 0.5) is 5.13 Å². The van der Waals surface area contributed by atoms with Gasteiger partial charge in [-0.3, -0.25) is 14.7 Å². The summed E-state index contributed by atoms with van der Waals surface area (Å²) >= 11 is 1.35. The predicted octanol–water partition coefficient (Wildman–Crippen LogP) is 4.04. The summed E-state index contributed by atoms with van der Waals surface area (Å²) < 4.78 is 5.42. The molecule has 0 bridgehead atoms. The number of aromatic nitrogens is 2. The Hall–Kier alpha value is -2.80. The quantitative estimate of drug-likeness (QED) is 0.622. The number of aryl methyl sites for hydroxylation is 2. The molecule has 140 valence electrons. The van der Waals surface area contributed by atoms with Gasteiger partial charge in [0.2, 0.25) is 5.91 Å². The molecule has 0 N–H and O–H groups in total. The molecule has 0 saturated carbocycles. The molecule has 0 saturated heterocycles. The van der Waals surface area contributed by atoms with Crippen molar-refractivity contribution in [2.45, 2.75) is 34.3 Å². The van der Waals surface area contributed by atoms with E-state index in [2.05, 4.69) is 9.97 Å². The van der Waals surface area contributed by atoms with E-state index >= 15 is 0 Å². The number of hydrogen-bond acceptors (Lipinski definition) is 6. The Balaban J connectivity index is 1.74. The summed E-state index contributed by atoms with van der Waals surface area (Å²) in [7, 11) is 0. The topological polar surface area (TPSA) is 72.4 Å². The number of anilines is 1. The van der Waals surface area contributed by atoms with Crippen molar-refractivity contribution in [2.75, 3.05) is 11.4 Å². The normalized spacial score (nSPS) is 10.8. The van der Waals surface area contributed by atoms with Gasteiger partial charge in [-0.05, 0) is 39.0 Å². The Morgan fingerprint density at radius 2 is 1.96 bits per heavy atom. The molecule has 0 unspecified atom stereocenters. The summed E-state index contributed by atoms with van der Waals surface area (Å²) in [6.07, 6.45) is 0. The minimum Gasteiger partial charge on any atom is -0.455 e. The molecule has 1 amide bonds. The van der Waals surface area contributed by atoms with Crippen molar-refractivity contribution in [1.82, 2.24) is 9.97 Å². The molecule has 1 aromatic carbocycles. The molecule has 7 heteroatoms. The lowest BCUT2D eigenvalue weighted by Crippen LogP contribution is -2.27. The van der Waals surface area contributed by atoms with Gasteiger partial charge in [-0.25, -0.2) is 9.78 Å². The number of rotatable bonds is 5. The van der Waals surface area contributed by atoms with Crippen molar-refractivity contribution >= 4 is 39.2 Å². The Kier molecular flexibility index (Phi) is 5.51. The fourth-order valence-corrected chi connectivity index (χ4v) is 3.71. The van der Waals surface area contributed by atoms with Crippen LogP contribution in [0.25, 0.3) is 10.9 Å². The zero-order valence-corrected chi connectivity index (χ0v) is 16.6. The zero-order valence-electron chi connectivity index (χ0n) is 15.8. The van der Waals surface area contributed by atoms with E-state index < -0.39 is 5.97 Å². The summed E-state index contributed by atoms with van der Waals surface area (Å²) in [6.45, 7) is 7.78. The maximum atomic E-state index is 12.5. The summed E-state index contributed by atoms with van der Waals surface area (Å²) in [5, 5.41) is 3.31. The molecular weight excluding hydrogens is 362 g/mol. The smallest absolute Gasteiger partial charge is 0.340 e. The molecule has 27 heavy (non-hydrogen) atoms. The second-order valence-electron chi connectivity index (χ2n) is 6.28. The molecule has 3 aromatic rings. The molecule has 2 aromatic heterocycles. The second-order valence-corrected chi connectivity index (χ2v) is 7.11. The third-order valence-electron chi connectivity index (χ3n) is 4.20. The zero-order chi connectivity index (χ0) is 19.6. The van der Waals surface area contributed by atoms with Crippen molar-refractivity contribution in [1.29, 1.82) is 0 Å². The van der Waals surface area contributed by atoms with Gasteiger partial charge in [-0.15, -0.1) is 11.3 Å². The molecule has 0 atom stereocenters. The number of thiazole rings is 1. The Morgan fingerprint density at radius 3 is 2.67 bits per heavy atom. The average molecular weight is 383 g/mol. The number of amides is 1. The third-order valence-corrected chi connectivity index (χ3v) is 5.11. The van der Waals surface area contributed by atoms with Crippen LogP contribution in [0.15, 0.2) is 29.6 Å². The minimum atomic E-state index is -0.433. The highest BCUT2D eigenvalue weighted by Gasteiger charge is 2.16. The number of hydrogen-bond donors (Lipinski definition) is 0. The fourth-order valence-electron chi connectivity index (χ4n) is 2.80. The number of esters is 1. The lowest BCUT2D eigenvalue weighted by molar-refractivity contribution is -0.116. The molecule has 6 nitrogen and oxygen atoms in total. The Morgan fingerprint density at radius 1 is 1.19 bits per heavy atom. The first-order valence-electron chi connectivity index (χ1n) is 8.66. The first-order chi connectivity index (χ1) is 12.9. The summed E-state index contributed by atoms with van der Waals surface area (Å²) in [5.74, 6) is -0.500. The highest BCUT2D eigenvalue weighted by molar-refractivity contribution is 7.14. The van der Waals surface area contributed by atoms with Crippen LogP contribution in [0.3, 0.4) is 0 Å². The van der Waals surface area contributed by atoms with Crippen molar-refractivity contribution in [3.63, 3.8) is 0 Å². The van der Waals surface area contributed by atoms with Crippen LogP contribution in [-0.2, 0) is 16.1 Å². The van der Waals surface area contributed by atoms with Gasteiger partial charge in [0.25, 0.3) is 0 Å². The van der Waals surface area contributed by atoms with Gasteiger partial charge in [-0.2, -0.15) is 0 Å². The lowest BCUT2D eigenvalue weighted by atomic mass is 10.1. The van der Waals surface area contributed by atoms with E-state index in [-0.39, 0.29) is 12.5 Å². The predicted molar refractivity (Wildman–Crippen MR) is 106 cm³/mol. The van der Waals surface area contributed by atoms with Crippen LogP contribution in [0.5, 0.6) is 0 Å². The van der Waals surface area contributed by atoms with E-state index in [1.807, 2.05) is 38.1 Å². The Bertz CT molecular complexity index is 1010. The van der Waals surface area contributed by atoms with Gasteiger partial charge in [-0.1, -0.05) is 11.6 Å². The van der Waals surface area contributed by atoms with Crippen LogP contribution in [0.1, 0.15) is 41.2 Å². The second kappa shape index (κ2) is 7.84.